The number of nitrogens with two attached hydrogens (primary N) is 1. The molecule has 0 bridgehead atoms. The maximum Gasteiger partial charge on any atom is 0.114 e. The maximum absolute atomic E-state index is 11.0. The van der Waals surface area contributed by atoms with E-state index in [-0.39, 0.29) is 6.54 Å². The summed E-state index contributed by atoms with van der Waals surface area (Å²) in [5.74, 6) is 0. The Morgan fingerprint density at radius 1 is 1.14 bits per heavy atom. The fraction of sp³-hybridized carbons (Fsp3) is 0.647. The van der Waals surface area contributed by atoms with E-state index in [1.54, 1.807) is 0 Å². The fourth-order valence-electron chi connectivity index (χ4n) is 3.76. The first-order valence-electron chi connectivity index (χ1n) is 8.16. The molecule has 0 saturated carbocycles. The van der Waals surface area contributed by atoms with Crippen molar-refractivity contribution in [3.05, 3.63) is 35.9 Å². The van der Waals surface area contributed by atoms with E-state index < -0.39 is 5.60 Å². The smallest absolute Gasteiger partial charge is 0.114 e. The number of aliphatic hydroxyl groups is 1. The fourth-order valence-corrected chi connectivity index (χ4v) is 3.76. The molecule has 116 valence electrons. The van der Waals surface area contributed by atoms with Crippen molar-refractivity contribution in [3.63, 3.8) is 0 Å². The summed E-state index contributed by atoms with van der Waals surface area (Å²) in [5.41, 5.74) is 5.90. The van der Waals surface area contributed by atoms with Crippen LogP contribution in [0, 0.1) is 0 Å². The Bertz CT molecular complexity index is 453. The lowest BCUT2D eigenvalue weighted by molar-refractivity contribution is -0.0259. The highest BCUT2D eigenvalue weighted by atomic mass is 16.3. The normalized spacial score (nSPS) is 27.0. The van der Waals surface area contributed by atoms with Crippen LogP contribution in [0.3, 0.4) is 0 Å². The molecule has 21 heavy (non-hydrogen) atoms. The number of piperidine rings is 1. The Morgan fingerprint density at radius 2 is 1.95 bits per heavy atom. The van der Waals surface area contributed by atoms with Crippen LogP contribution in [-0.4, -0.2) is 60.2 Å². The van der Waals surface area contributed by atoms with E-state index in [0.717, 1.165) is 25.2 Å². The van der Waals surface area contributed by atoms with Gasteiger partial charge in [-0.05, 0) is 24.9 Å². The number of hydrogen-bond donors (Lipinski definition) is 2. The molecular formula is C17H27N3O. The molecular weight excluding hydrogens is 262 g/mol. The van der Waals surface area contributed by atoms with Gasteiger partial charge in [-0.1, -0.05) is 36.8 Å². The third kappa shape index (κ3) is 3.29. The zero-order chi connectivity index (χ0) is 14.7. The summed E-state index contributed by atoms with van der Waals surface area (Å²) in [6.07, 6.45) is 3.98. The van der Waals surface area contributed by atoms with E-state index in [2.05, 4.69) is 9.80 Å². The lowest BCUT2D eigenvalue weighted by Gasteiger charge is -2.46. The van der Waals surface area contributed by atoms with Crippen molar-refractivity contribution in [1.82, 2.24) is 9.80 Å². The molecule has 2 heterocycles. The third-order valence-corrected chi connectivity index (χ3v) is 5.06. The van der Waals surface area contributed by atoms with E-state index in [1.807, 2.05) is 30.3 Å². The van der Waals surface area contributed by atoms with Gasteiger partial charge in [-0.3, -0.25) is 9.80 Å². The van der Waals surface area contributed by atoms with Crippen LogP contribution < -0.4 is 5.73 Å². The second-order valence-corrected chi connectivity index (χ2v) is 6.52. The van der Waals surface area contributed by atoms with E-state index in [4.69, 9.17) is 5.73 Å². The molecule has 0 aliphatic carbocycles. The number of hydrogen-bond acceptors (Lipinski definition) is 4. The summed E-state index contributed by atoms with van der Waals surface area (Å²) in [4.78, 5) is 5.01. The highest BCUT2D eigenvalue weighted by Crippen LogP contribution is 2.25. The molecule has 0 spiro atoms. The number of rotatable bonds is 4. The summed E-state index contributed by atoms with van der Waals surface area (Å²) in [6, 6.07) is 10.5. The van der Waals surface area contributed by atoms with Crippen molar-refractivity contribution < 1.29 is 5.11 Å². The van der Waals surface area contributed by atoms with Crippen molar-refractivity contribution in [3.8, 4) is 0 Å². The summed E-state index contributed by atoms with van der Waals surface area (Å²) < 4.78 is 0. The Labute approximate surface area is 127 Å². The average Bonchev–Trinajstić information content (AvgIpc) is 2.55. The molecule has 0 aromatic heterocycles. The first-order valence-corrected chi connectivity index (χ1v) is 8.16. The molecule has 3 N–H and O–H groups in total. The minimum absolute atomic E-state index is 0.266. The van der Waals surface area contributed by atoms with Crippen LogP contribution in [0.25, 0.3) is 0 Å². The van der Waals surface area contributed by atoms with Gasteiger partial charge in [-0.2, -0.15) is 0 Å². The Kier molecular flexibility index (Phi) is 4.60. The van der Waals surface area contributed by atoms with Crippen LogP contribution in [0.15, 0.2) is 30.3 Å². The summed E-state index contributed by atoms with van der Waals surface area (Å²) in [6.45, 7) is 5.37. The van der Waals surface area contributed by atoms with Crippen molar-refractivity contribution >= 4 is 0 Å². The second-order valence-electron chi connectivity index (χ2n) is 6.52. The minimum Gasteiger partial charge on any atom is -0.382 e. The number of piperazine rings is 1. The number of nitrogens with zero attached hydrogens (tertiary/aromatic N) is 2. The number of benzene rings is 1. The molecule has 2 saturated heterocycles. The quantitative estimate of drug-likeness (QED) is 0.868. The van der Waals surface area contributed by atoms with Crippen LogP contribution in [0.5, 0.6) is 0 Å². The Balaban J connectivity index is 1.67. The van der Waals surface area contributed by atoms with Gasteiger partial charge in [0.15, 0.2) is 0 Å². The molecule has 4 nitrogen and oxygen atoms in total. The van der Waals surface area contributed by atoms with E-state index in [0.29, 0.717) is 12.6 Å². The van der Waals surface area contributed by atoms with Crippen LogP contribution in [0.1, 0.15) is 24.8 Å². The van der Waals surface area contributed by atoms with E-state index in [9.17, 15) is 5.11 Å². The summed E-state index contributed by atoms with van der Waals surface area (Å²) >= 11 is 0. The predicted octanol–water partition coefficient (Wildman–Crippen LogP) is 1.00. The summed E-state index contributed by atoms with van der Waals surface area (Å²) in [7, 11) is 0. The molecule has 1 aromatic rings. The van der Waals surface area contributed by atoms with E-state index >= 15 is 0 Å². The molecule has 2 aliphatic rings. The highest BCUT2D eigenvalue weighted by molar-refractivity contribution is 5.23. The Morgan fingerprint density at radius 3 is 2.71 bits per heavy atom. The lowest BCUT2D eigenvalue weighted by Crippen LogP contribution is -2.58. The highest BCUT2D eigenvalue weighted by Gasteiger charge is 2.35. The molecule has 2 aliphatic heterocycles. The van der Waals surface area contributed by atoms with Crippen LogP contribution in [-0.2, 0) is 5.60 Å². The largest absolute Gasteiger partial charge is 0.382 e. The molecule has 4 heteroatoms. The molecule has 3 rings (SSSR count). The average molecular weight is 289 g/mol. The molecule has 2 atom stereocenters. The zero-order valence-corrected chi connectivity index (χ0v) is 12.7. The Hall–Kier alpha value is -0.940. The number of β-amino-alcohol motifs (C(OH)–C–C–N with tert-alkyl or cyclic N) is 1. The van der Waals surface area contributed by atoms with Gasteiger partial charge in [0.25, 0.3) is 0 Å². The minimum atomic E-state index is -0.932. The lowest BCUT2D eigenvalue weighted by atomic mass is 9.92. The maximum atomic E-state index is 11.0. The van der Waals surface area contributed by atoms with E-state index in [1.165, 1.54) is 25.8 Å². The molecule has 0 amide bonds. The summed E-state index contributed by atoms with van der Waals surface area (Å²) in [5, 5.41) is 11.0. The second kappa shape index (κ2) is 6.44. The SMILES string of the molecule is NCC(O)(CN1CCN2CCCCC2C1)c1ccccc1. The molecule has 1 aromatic carbocycles. The van der Waals surface area contributed by atoms with Gasteiger partial charge in [-0.15, -0.1) is 0 Å². The third-order valence-electron chi connectivity index (χ3n) is 5.06. The number of fused-ring (bicyclic) bond motifs is 1. The van der Waals surface area contributed by atoms with Crippen LogP contribution >= 0.6 is 0 Å². The van der Waals surface area contributed by atoms with Crippen LogP contribution in [0.4, 0.5) is 0 Å². The van der Waals surface area contributed by atoms with Crippen molar-refractivity contribution in [2.75, 3.05) is 39.3 Å². The van der Waals surface area contributed by atoms with Gasteiger partial charge >= 0.3 is 0 Å². The molecule has 2 fully saturated rings. The van der Waals surface area contributed by atoms with Gasteiger partial charge < -0.3 is 10.8 Å². The van der Waals surface area contributed by atoms with Crippen molar-refractivity contribution in [1.29, 1.82) is 0 Å². The standard InChI is InChI=1S/C17H27N3O/c18-13-17(21,15-6-2-1-3-7-15)14-19-10-11-20-9-5-4-8-16(20)12-19/h1-3,6-7,16,21H,4-5,8-14,18H2. The first kappa shape index (κ1) is 15.0. The van der Waals surface area contributed by atoms with Crippen LogP contribution in [0.2, 0.25) is 0 Å². The van der Waals surface area contributed by atoms with Gasteiger partial charge in [0, 0.05) is 38.8 Å². The van der Waals surface area contributed by atoms with Gasteiger partial charge in [0.1, 0.15) is 5.60 Å². The predicted molar refractivity (Wildman–Crippen MR) is 85.0 cm³/mol. The topological polar surface area (TPSA) is 52.7 Å². The van der Waals surface area contributed by atoms with Crippen molar-refractivity contribution in [2.45, 2.75) is 30.9 Å². The van der Waals surface area contributed by atoms with Gasteiger partial charge in [0.2, 0.25) is 0 Å². The van der Waals surface area contributed by atoms with Gasteiger partial charge in [0.05, 0.1) is 0 Å². The van der Waals surface area contributed by atoms with Crippen molar-refractivity contribution in [2.24, 2.45) is 5.73 Å². The monoisotopic (exact) mass is 289 g/mol. The molecule has 0 radical (unpaired) electrons. The van der Waals surface area contributed by atoms with Gasteiger partial charge in [-0.25, -0.2) is 0 Å². The molecule has 2 unspecified atom stereocenters. The first-order chi connectivity index (χ1) is 10.2. The zero-order valence-electron chi connectivity index (χ0n) is 12.7.